The number of anilines is 1. The highest BCUT2D eigenvalue weighted by Gasteiger charge is 2.34. The Morgan fingerprint density at radius 3 is 2.57 bits per heavy atom. The smallest absolute Gasteiger partial charge is 0.332 e. The molecule has 1 aliphatic rings. The van der Waals surface area contributed by atoms with Gasteiger partial charge < -0.3 is 15.2 Å². The lowest BCUT2D eigenvalue weighted by atomic mass is 10.1. The van der Waals surface area contributed by atoms with E-state index in [4.69, 9.17) is 9.84 Å². The molecule has 2 rings (SSSR count). The van der Waals surface area contributed by atoms with Crippen LogP contribution in [0.4, 0.5) is 11.4 Å². The standard InChI is InChI=1S/C13H14N2O6/c1-7-6-8(15(19)20)2-3-9(7)14-12(16)10-4-5-11(21-10)13(17)18/h2-3,6,10-11H,4-5H2,1H3,(H,14,16)(H,17,18). The zero-order valence-corrected chi connectivity index (χ0v) is 11.2. The number of carbonyl (C=O) groups is 2. The van der Waals surface area contributed by atoms with Crippen molar-refractivity contribution in [2.45, 2.75) is 32.0 Å². The Balaban J connectivity index is 2.03. The Bertz CT molecular complexity index is 600. The molecule has 21 heavy (non-hydrogen) atoms. The molecule has 112 valence electrons. The molecule has 1 aromatic rings. The SMILES string of the molecule is Cc1cc([N+](=O)[O-])ccc1NC(=O)C1CCC(C(=O)O)O1. The predicted octanol–water partition coefficient (Wildman–Crippen LogP) is 1.47. The van der Waals surface area contributed by atoms with Gasteiger partial charge in [0.15, 0.2) is 6.10 Å². The van der Waals surface area contributed by atoms with Gasteiger partial charge in [-0.3, -0.25) is 14.9 Å². The van der Waals surface area contributed by atoms with Crippen LogP contribution in [0.1, 0.15) is 18.4 Å². The van der Waals surface area contributed by atoms with Crippen molar-refractivity contribution < 1.29 is 24.4 Å². The number of aryl methyl sites for hydroxylation is 1. The van der Waals surface area contributed by atoms with E-state index >= 15 is 0 Å². The number of nitro benzene ring substituents is 1. The first-order chi connectivity index (χ1) is 9.88. The van der Waals surface area contributed by atoms with Crippen molar-refractivity contribution in [2.75, 3.05) is 5.32 Å². The molecule has 0 spiro atoms. The van der Waals surface area contributed by atoms with Crippen LogP contribution in [0.15, 0.2) is 18.2 Å². The molecule has 0 saturated carbocycles. The number of carbonyl (C=O) groups excluding carboxylic acids is 1. The molecule has 8 nitrogen and oxygen atoms in total. The third-order valence-corrected chi connectivity index (χ3v) is 3.27. The number of carboxylic acids is 1. The summed E-state index contributed by atoms with van der Waals surface area (Å²) in [6.07, 6.45) is -1.17. The Hall–Kier alpha value is -2.48. The van der Waals surface area contributed by atoms with E-state index in [9.17, 15) is 19.7 Å². The van der Waals surface area contributed by atoms with Crippen LogP contribution in [0.5, 0.6) is 0 Å². The predicted molar refractivity (Wildman–Crippen MR) is 72.0 cm³/mol. The molecule has 2 atom stereocenters. The Kier molecular flexibility index (Phi) is 4.18. The van der Waals surface area contributed by atoms with Crippen LogP contribution in [-0.4, -0.2) is 34.1 Å². The molecule has 2 unspecified atom stereocenters. The van der Waals surface area contributed by atoms with Crippen LogP contribution < -0.4 is 5.32 Å². The molecule has 1 fully saturated rings. The van der Waals surface area contributed by atoms with Gasteiger partial charge in [0.2, 0.25) is 0 Å². The average molecular weight is 294 g/mol. The quantitative estimate of drug-likeness (QED) is 0.641. The normalized spacial score (nSPS) is 21.0. The number of ether oxygens (including phenoxy) is 1. The zero-order chi connectivity index (χ0) is 15.6. The lowest BCUT2D eigenvalue weighted by molar-refractivity contribution is -0.384. The molecule has 0 bridgehead atoms. The fourth-order valence-electron chi connectivity index (χ4n) is 2.13. The molecule has 1 aliphatic heterocycles. The molecule has 1 saturated heterocycles. The van der Waals surface area contributed by atoms with Crippen LogP contribution in [0, 0.1) is 17.0 Å². The first-order valence-corrected chi connectivity index (χ1v) is 6.32. The van der Waals surface area contributed by atoms with Gasteiger partial charge in [0.05, 0.1) is 4.92 Å². The van der Waals surface area contributed by atoms with E-state index in [0.29, 0.717) is 17.7 Å². The number of hydrogen-bond donors (Lipinski definition) is 2. The topological polar surface area (TPSA) is 119 Å². The molecule has 2 N–H and O–H groups in total. The third-order valence-electron chi connectivity index (χ3n) is 3.27. The number of nitro groups is 1. The molecule has 1 amide bonds. The van der Waals surface area contributed by atoms with Gasteiger partial charge in [-0.1, -0.05) is 0 Å². The van der Waals surface area contributed by atoms with Crippen molar-refractivity contribution in [2.24, 2.45) is 0 Å². The van der Waals surface area contributed by atoms with Gasteiger partial charge in [-0.2, -0.15) is 0 Å². The minimum Gasteiger partial charge on any atom is -0.479 e. The fraction of sp³-hybridized carbons (Fsp3) is 0.385. The summed E-state index contributed by atoms with van der Waals surface area (Å²) in [6.45, 7) is 1.64. The van der Waals surface area contributed by atoms with Crippen LogP contribution >= 0.6 is 0 Å². The Labute approximate surface area is 119 Å². The van der Waals surface area contributed by atoms with Crippen molar-refractivity contribution in [1.29, 1.82) is 0 Å². The lowest BCUT2D eigenvalue weighted by Crippen LogP contribution is -2.30. The first-order valence-electron chi connectivity index (χ1n) is 6.32. The second-order valence-corrected chi connectivity index (χ2v) is 4.77. The maximum atomic E-state index is 12.0. The lowest BCUT2D eigenvalue weighted by Gasteiger charge is -2.13. The molecule has 0 aliphatic carbocycles. The number of carboxylic acid groups (broad SMARTS) is 1. The average Bonchev–Trinajstić information content (AvgIpc) is 2.90. The molecule has 0 aromatic heterocycles. The van der Waals surface area contributed by atoms with Crippen molar-refractivity contribution in [3.8, 4) is 0 Å². The number of amides is 1. The molecular weight excluding hydrogens is 280 g/mol. The number of aliphatic carboxylic acids is 1. The molecular formula is C13H14N2O6. The molecule has 1 heterocycles. The van der Waals surface area contributed by atoms with E-state index in [1.807, 2.05) is 0 Å². The summed E-state index contributed by atoms with van der Waals surface area (Å²) in [5, 5.41) is 22.0. The number of non-ortho nitro benzene ring substituents is 1. The van der Waals surface area contributed by atoms with Crippen LogP contribution in [0.25, 0.3) is 0 Å². The highest BCUT2D eigenvalue weighted by Crippen LogP contribution is 2.24. The van der Waals surface area contributed by atoms with Gasteiger partial charge in [-0.05, 0) is 31.4 Å². The van der Waals surface area contributed by atoms with Crippen molar-refractivity contribution in [3.05, 3.63) is 33.9 Å². The number of benzene rings is 1. The summed E-state index contributed by atoms with van der Waals surface area (Å²) < 4.78 is 5.14. The summed E-state index contributed by atoms with van der Waals surface area (Å²) in [6, 6.07) is 4.08. The zero-order valence-electron chi connectivity index (χ0n) is 11.2. The maximum Gasteiger partial charge on any atom is 0.332 e. The first kappa shape index (κ1) is 14.9. The second-order valence-electron chi connectivity index (χ2n) is 4.77. The van der Waals surface area contributed by atoms with Gasteiger partial charge >= 0.3 is 5.97 Å². The van der Waals surface area contributed by atoms with Crippen molar-refractivity contribution in [1.82, 2.24) is 0 Å². The van der Waals surface area contributed by atoms with Crippen LogP contribution in [0.3, 0.4) is 0 Å². The third kappa shape index (κ3) is 3.34. The Morgan fingerprint density at radius 1 is 1.38 bits per heavy atom. The van der Waals surface area contributed by atoms with E-state index < -0.39 is 29.0 Å². The highest BCUT2D eigenvalue weighted by molar-refractivity contribution is 5.95. The molecule has 0 radical (unpaired) electrons. The largest absolute Gasteiger partial charge is 0.479 e. The van der Waals surface area contributed by atoms with Crippen molar-refractivity contribution in [3.63, 3.8) is 0 Å². The van der Waals surface area contributed by atoms with Gasteiger partial charge in [0, 0.05) is 17.8 Å². The summed E-state index contributed by atoms with van der Waals surface area (Å²) in [5.74, 6) is -1.53. The van der Waals surface area contributed by atoms with Crippen LogP contribution in [0.2, 0.25) is 0 Å². The van der Waals surface area contributed by atoms with E-state index in [0.717, 1.165) is 0 Å². The van der Waals surface area contributed by atoms with Gasteiger partial charge in [-0.15, -0.1) is 0 Å². The number of nitrogens with zero attached hydrogens (tertiary/aromatic N) is 1. The fourth-order valence-corrected chi connectivity index (χ4v) is 2.13. The molecule has 1 aromatic carbocycles. The van der Waals surface area contributed by atoms with E-state index in [2.05, 4.69) is 5.32 Å². The summed E-state index contributed by atoms with van der Waals surface area (Å²) in [4.78, 5) is 32.9. The van der Waals surface area contributed by atoms with E-state index in [-0.39, 0.29) is 12.1 Å². The maximum absolute atomic E-state index is 12.0. The minimum atomic E-state index is -1.09. The Morgan fingerprint density at radius 2 is 2.05 bits per heavy atom. The summed E-state index contributed by atoms with van der Waals surface area (Å²) in [7, 11) is 0. The highest BCUT2D eigenvalue weighted by atomic mass is 16.6. The summed E-state index contributed by atoms with van der Waals surface area (Å²) >= 11 is 0. The van der Waals surface area contributed by atoms with E-state index in [1.165, 1.54) is 18.2 Å². The van der Waals surface area contributed by atoms with Gasteiger partial charge in [-0.25, -0.2) is 4.79 Å². The number of hydrogen-bond acceptors (Lipinski definition) is 5. The molecule has 8 heteroatoms. The number of nitrogens with one attached hydrogen (secondary N) is 1. The van der Waals surface area contributed by atoms with Crippen molar-refractivity contribution >= 4 is 23.3 Å². The second kappa shape index (κ2) is 5.88. The number of rotatable bonds is 4. The van der Waals surface area contributed by atoms with E-state index in [1.54, 1.807) is 6.92 Å². The van der Waals surface area contributed by atoms with Crippen LogP contribution in [-0.2, 0) is 14.3 Å². The monoisotopic (exact) mass is 294 g/mol. The summed E-state index contributed by atoms with van der Waals surface area (Å²) in [5.41, 5.74) is 0.923. The minimum absolute atomic E-state index is 0.0615. The van der Waals surface area contributed by atoms with Gasteiger partial charge in [0.1, 0.15) is 6.10 Å². The van der Waals surface area contributed by atoms with Gasteiger partial charge in [0.25, 0.3) is 11.6 Å².